The Hall–Kier alpha value is -3.82. The fourth-order valence-corrected chi connectivity index (χ4v) is 5.64. The van der Waals surface area contributed by atoms with Crippen LogP contribution in [0.2, 0.25) is 0 Å². The van der Waals surface area contributed by atoms with Gasteiger partial charge in [0.05, 0.1) is 24.5 Å². The quantitative estimate of drug-likeness (QED) is 0.262. The molecule has 198 valence electrons. The van der Waals surface area contributed by atoms with Crippen LogP contribution in [-0.4, -0.2) is 78.4 Å². The van der Waals surface area contributed by atoms with Crippen LogP contribution in [-0.2, 0) is 24.7 Å². The van der Waals surface area contributed by atoms with Gasteiger partial charge in [0.2, 0.25) is 0 Å². The molecule has 2 amide bonds. The number of rotatable bonds is 7. The highest BCUT2D eigenvalue weighted by molar-refractivity contribution is 6.50. The predicted molar refractivity (Wildman–Crippen MR) is 140 cm³/mol. The number of aliphatic hydroxyl groups is 1. The van der Waals surface area contributed by atoms with Crippen molar-refractivity contribution < 1.29 is 28.6 Å². The molecule has 0 bridgehead atoms. The number of anilines is 1. The highest BCUT2D eigenvalue weighted by Crippen LogP contribution is 2.53. The van der Waals surface area contributed by atoms with Crippen LogP contribution in [0.4, 0.5) is 10.1 Å². The number of likely N-dealkylation sites (tertiary alicyclic amines) is 1. The van der Waals surface area contributed by atoms with Crippen LogP contribution in [0, 0.1) is 12.7 Å². The van der Waals surface area contributed by atoms with Gasteiger partial charge in [-0.3, -0.25) is 19.3 Å². The number of carbonyl (C=O) groups excluding carboxylic acids is 3. The molecule has 1 N–H and O–H groups in total. The van der Waals surface area contributed by atoms with Crippen LogP contribution >= 0.6 is 0 Å². The lowest BCUT2D eigenvalue weighted by molar-refractivity contribution is -0.143. The Morgan fingerprint density at radius 1 is 1.13 bits per heavy atom. The molecular formula is C29H30FN3O5. The van der Waals surface area contributed by atoms with Crippen LogP contribution in [0.1, 0.15) is 23.1 Å². The van der Waals surface area contributed by atoms with E-state index < -0.39 is 34.7 Å². The van der Waals surface area contributed by atoms with Crippen molar-refractivity contribution in [3.63, 3.8) is 0 Å². The van der Waals surface area contributed by atoms with Crippen molar-refractivity contribution in [2.75, 3.05) is 50.8 Å². The van der Waals surface area contributed by atoms with E-state index in [-0.39, 0.29) is 24.2 Å². The van der Waals surface area contributed by atoms with E-state index in [1.807, 2.05) is 0 Å². The first kappa shape index (κ1) is 25.8. The zero-order valence-electron chi connectivity index (χ0n) is 21.3. The van der Waals surface area contributed by atoms with E-state index in [9.17, 15) is 23.9 Å². The lowest BCUT2D eigenvalue weighted by Gasteiger charge is -2.35. The second-order valence-electron chi connectivity index (χ2n) is 9.71. The molecule has 3 heterocycles. The van der Waals surface area contributed by atoms with Gasteiger partial charge in [0.25, 0.3) is 17.6 Å². The summed E-state index contributed by atoms with van der Waals surface area (Å²) in [6.45, 7) is 9.02. The Kier molecular flexibility index (Phi) is 6.90. The van der Waals surface area contributed by atoms with Gasteiger partial charge in [-0.15, -0.1) is 6.58 Å². The highest BCUT2D eigenvalue weighted by atomic mass is 19.1. The van der Waals surface area contributed by atoms with Gasteiger partial charge in [0, 0.05) is 43.9 Å². The molecule has 1 unspecified atom stereocenters. The summed E-state index contributed by atoms with van der Waals surface area (Å²) in [4.78, 5) is 46.4. The number of Topliss-reactive ketones (excluding diaryl/α,β-unsaturated/α-hetero) is 1. The van der Waals surface area contributed by atoms with E-state index in [2.05, 4.69) is 11.5 Å². The van der Waals surface area contributed by atoms with Crippen LogP contribution in [0.25, 0.3) is 5.76 Å². The Labute approximate surface area is 220 Å². The molecule has 0 saturated carbocycles. The molecule has 38 heavy (non-hydrogen) atoms. The molecule has 1 spiro atoms. The highest BCUT2D eigenvalue weighted by Gasteiger charge is 2.66. The van der Waals surface area contributed by atoms with Gasteiger partial charge in [0.1, 0.15) is 11.6 Å². The first-order valence-electron chi connectivity index (χ1n) is 12.7. The van der Waals surface area contributed by atoms with E-state index in [1.54, 1.807) is 37.3 Å². The average Bonchev–Trinajstić information content (AvgIpc) is 3.30. The second kappa shape index (κ2) is 10.2. The molecule has 2 aromatic rings. The zero-order valence-corrected chi connectivity index (χ0v) is 21.3. The summed E-state index contributed by atoms with van der Waals surface area (Å²) in [5.74, 6) is -3.53. The van der Waals surface area contributed by atoms with Crippen LogP contribution < -0.4 is 4.90 Å². The summed E-state index contributed by atoms with van der Waals surface area (Å²) < 4.78 is 19.9. The van der Waals surface area contributed by atoms with Crippen molar-refractivity contribution in [3.8, 4) is 0 Å². The van der Waals surface area contributed by atoms with Crippen molar-refractivity contribution in [3.05, 3.63) is 83.2 Å². The molecule has 2 fully saturated rings. The molecule has 0 aliphatic carbocycles. The van der Waals surface area contributed by atoms with Gasteiger partial charge in [0.15, 0.2) is 5.54 Å². The molecule has 5 rings (SSSR count). The third-order valence-corrected chi connectivity index (χ3v) is 7.53. The van der Waals surface area contributed by atoms with E-state index in [0.717, 1.165) is 19.2 Å². The lowest BCUT2D eigenvalue weighted by Crippen LogP contribution is -2.52. The molecule has 8 nitrogen and oxygen atoms in total. The number of amides is 2. The standard InChI is InChI=1S/C29H30FN3O5/c1-3-11-32-23-8-5-4-7-21(23)29(28(32)37)24(25(34)20-10-9-19(2)22(30)18-20)26(35)27(36)33(29)13-6-12-31-14-16-38-17-15-31/h3-5,7-10,18,34H,1,6,11-17H2,2H3. The smallest absolute Gasteiger partial charge is 0.296 e. The van der Waals surface area contributed by atoms with Gasteiger partial charge in [-0.2, -0.15) is 0 Å². The number of para-hydroxylation sites is 1. The van der Waals surface area contributed by atoms with E-state index in [4.69, 9.17) is 4.74 Å². The minimum Gasteiger partial charge on any atom is -0.507 e. The number of carbonyl (C=O) groups is 3. The first-order chi connectivity index (χ1) is 18.3. The molecule has 2 aromatic carbocycles. The molecule has 3 aliphatic heterocycles. The molecule has 9 heteroatoms. The topological polar surface area (TPSA) is 90.4 Å². The number of aliphatic hydroxyl groups excluding tert-OH is 1. The third-order valence-electron chi connectivity index (χ3n) is 7.53. The average molecular weight is 520 g/mol. The zero-order chi connectivity index (χ0) is 27.0. The Balaban J connectivity index is 1.67. The molecule has 3 aliphatic rings. The SMILES string of the molecule is C=CCN1C(=O)C2(C(=C(O)c3ccc(C)c(F)c3)C(=O)C(=O)N2CCCN2CCOCC2)c2ccccc21. The fourth-order valence-electron chi connectivity index (χ4n) is 5.64. The number of hydrogen-bond donors (Lipinski definition) is 1. The van der Waals surface area contributed by atoms with Crippen molar-refractivity contribution in [2.24, 2.45) is 0 Å². The maximum atomic E-state index is 14.5. The number of benzene rings is 2. The number of hydrogen-bond acceptors (Lipinski definition) is 6. The minimum atomic E-state index is -1.87. The molecule has 2 saturated heterocycles. The normalized spacial score (nSPS) is 22.9. The van der Waals surface area contributed by atoms with Crippen molar-refractivity contribution in [1.82, 2.24) is 9.80 Å². The summed E-state index contributed by atoms with van der Waals surface area (Å²) in [6.07, 6.45) is 2.07. The van der Waals surface area contributed by atoms with E-state index in [1.165, 1.54) is 21.9 Å². The maximum Gasteiger partial charge on any atom is 0.296 e. The molecule has 0 radical (unpaired) electrons. The molecular weight excluding hydrogens is 489 g/mol. The first-order valence-corrected chi connectivity index (χ1v) is 12.7. The molecule has 0 aromatic heterocycles. The van der Waals surface area contributed by atoms with Crippen molar-refractivity contribution in [1.29, 1.82) is 0 Å². The number of halogens is 1. The molecule has 1 atom stereocenters. The summed E-state index contributed by atoms with van der Waals surface area (Å²) in [5.41, 5.74) is -0.888. The number of fused-ring (bicyclic) bond motifs is 2. The summed E-state index contributed by atoms with van der Waals surface area (Å²) >= 11 is 0. The van der Waals surface area contributed by atoms with Crippen molar-refractivity contribution >= 4 is 29.0 Å². The number of aryl methyl sites for hydroxylation is 1. The monoisotopic (exact) mass is 519 g/mol. The van der Waals surface area contributed by atoms with Gasteiger partial charge in [-0.25, -0.2) is 4.39 Å². The van der Waals surface area contributed by atoms with Crippen LogP contribution in [0.5, 0.6) is 0 Å². The second-order valence-corrected chi connectivity index (χ2v) is 9.71. The van der Waals surface area contributed by atoms with E-state index >= 15 is 0 Å². The summed E-state index contributed by atoms with van der Waals surface area (Å²) in [5, 5.41) is 11.5. The Bertz CT molecular complexity index is 1350. The Morgan fingerprint density at radius 2 is 1.87 bits per heavy atom. The summed E-state index contributed by atoms with van der Waals surface area (Å²) in [6, 6.07) is 11.0. The van der Waals surface area contributed by atoms with Gasteiger partial charge < -0.3 is 19.6 Å². The van der Waals surface area contributed by atoms with Crippen LogP contribution in [0.15, 0.2) is 60.7 Å². The lowest BCUT2D eigenvalue weighted by atomic mass is 9.81. The predicted octanol–water partition coefficient (Wildman–Crippen LogP) is 2.96. The maximum absolute atomic E-state index is 14.5. The largest absolute Gasteiger partial charge is 0.507 e. The van der Waals surface area contributed by atoms with Gasteiger partial charge >= 0.3 is 0 Å². The summed E-state index contributed by atoms with van der Waals surface area (Å²) in [7, 11) is 0. The number of morpholine rings is 1. The van der Waals surface area contributed by atoms with Gasteiger partial charge in [-0.1, -0.05) is 36.4 Å². The Morgan fingerprint density at radius 3 is 2.58 bits per heavy atom. The van der Waals surface area contributed by atoms with Gasteiger partial charge in [-0.05, 0) is 31.0 Å². The van der Waals surface area contributed by atoms with Crippen LogP contribution in [0.3, 0.4) is 0 Å². The number of ether oxygens (including phenoxy) is 1. The minimum absolute atomic E-state index is 0.0197. The van der Waals surface area contributed by atoms with E-state index in [0.29, 0.717) is 43.0 Å². The third kappa shape index (κ3) is 3.93. The number of nitrogens with zero attached hydrogens (tertiary/aromatic N) is 3. The fraction of sp³-hybridized carbons (Fsp3) is 0.345. The van der Waals surface area contributed by atoms with Crippen molar-refractivity contribution in [2.45, 2.75) is 18.9 Å². The number of ketones is 1.